The van der Waals surface area contributed by atoms with Crippen LogP contribution in [-0.2, 0) is 0 Å². The molecule has 1 N–H and O–H groups in total. The predicted molar refractivity (Wildman–Crippen MR) is 79.9 cm³/mol. The van der Waals surface area contributed by atoms with Gasteiger partial charge in [0.1, 0.15) is 0 Å². The normalized spacial score (nSPS) is 21.8. The van der Waals surface area contributed by atoms with Gasteiger partial charge in [-0.2, -0.15) is 0 Å². The first kappa shape index (κ1) is 15.3. The van der Waals surface area contributed by atoms with Crippen LogP contribution in [0.2, 0.25) is 0 Å². The summed E-state index contributed by atoms with van der Waals surface area (Å²) in [6.07, 6.45) is 4.30. The SMILES string of the molecule is CC1CCC(N(C)c2ccc([N+](=O)[O-])cc2C(=O)O)CC1. The zero-order valence-corrected chi connectivity index (χ0v) is 12.3. The topological polar surface area (TPSA) is 83.7 Å². The van der Waals surface area contributed by atoms with Crippen molar-refractivity contribution in [3.05, 3.63) is 33.9 Å². The van der Waals surface area contributed by atoms with Crippen LogP contribution in [0.25, 0.3) is 0 Å². The summed E-state index contributed by atoms with van der Waals surface area (Å²) in [6, 6.07) is 4.34. The van der Waals surface area contributed by atoms with Crippen molar-refractivity contribution in [2.75, 3.05) is 11.9 Å². The fourth-order valence-corrected chi connectivity index (χ4v) is 2.94. The number of carbonyl (C=O) groups is 1. The van der Waals surface area contributed by atoms with Gasteiger partial charge in [-0.1, -0.05) is 6.92 Å². The van der Waals surface area contributed by atoms with Crippen molar-refractivity contribution in [1.29, 1.82) is 0 Å². The van der Waals surface area contributed by atoms with E-state index in [0.717, 1.165) is 31.7 Å². The van der Waals surface area contributed by atoms with Gasteiger partial charge in [-0.15, -0.1) is 0 Å². The lowest BCUT2D eigenvalue weighted by molar-refractivity contribution is -0.384. The van der Waals surface area contributed by atoms with Crippen LogP contribution in [0.5, 0.6) is 0 Å². The molecular weight excluding hydrogens is 272 g/mol. The molecule has 6 nitrogen and oxygen atoms in total. The van der Waals surface area contributed by atoms with E-state index in [9.17, 15) is 20.0 Å². The number of anilines is 1. The largest absolute Gasteiger partial charge is 0.478 e. The average Bonchev–Trinajstić information content (AvgIpc) is 2.46. The van der Waals surface area contributed by atoms with Gasteiger partial charge in [-0.05, 0) is 37.7 Å². The molecule has 0 heterocycles. The Labute approximate surface area is 123 Å². The molecule has 21 heavy (non-hydrogen) atoms. The third-order valence-electron chi connectivity index (χ3n) is 4.33. The molecule has 0 aliphatic heterocycles. The molecule has 2 rings (SSSR count). The summed E-state index contributed by atoms with van der Waals surface area (Å²) >= 11 is 0. The molecule has 0 bridgehead atoms. The van der Waals surface area contributed by atoms with Gasteiger partial charge >= 0.3 is 5.97 Å². The molecule has 1 saturated carbocycles. The molecule has 0 spiro atoms. The summed E-state index contributed by atoms with van der Waals surface area (Å²) < 4.78 is 0. The van der Waals surface area contributed by atoms with Crippen molar-refractivity contribution in [2.45, 2.75) is 38.6 Å². The van der Waals surface area contributed by atoms with Gasteiger partial charge in [0.2, 0.25) is 0 Å². The second kappa shape index (κ2) is 6.11. The highest BCUT2D eigenvalue weighted by molar-refractivity contribution is 5.95. The Morgan fingerprint density at radius 3 is 2.48 bits per heavy atom. The Morgan fingerprint density at radius 2 is 1.95 bits per heavy atom. The Hall–Kier alpha value is -2.11. The molecule has 1 fully saturated rings. The first-order valence-corrected chi connectivity index (χ1v) is 7.14. The minimum atomic E-state index is -1.13. The second-order valence-electron chi connectivity index (χ2n) is 5.79. The highest BCUT2D eigenvalue weighted by atomic mass is 16.6. The van der Waals surface area contributed by atoms with Gasteiger partial charge in [0.25, 0.3) is 5.69 Å². The molecular formula is C15H20N2O4. The summed E-state index contributed by atoms with van der Waals surface area (Å²) in [4.78, 5) is 23.6. The van der Waals surface area contributed by atoms with Crippen LogP contribution < -0.4 is 4.90 Å². The van der Waals surface area contributed by atoms with Gasteiger partial charge in [0.15, 0.2) is 0 Å². The predicted octanol–water partition coefficient (Wildman–Crippen LogP) is 3.31. The molecule has 1 aliphatic carbocycles. The first-order chi connectivity index (χ1) is 9.90. The number of carboxylic acids is 1. The van der Waals surface area contributed by atoms with Crippen LogP contribution in [0, 0.1) is 16.0 Å². The molecule has 114 valence electrons. The quantitative estimate of drug-likeness (QED) is 0.680. The molecule has 0 aromatic heterocycles. The molecule has 0 radical (unpaired) electrons. The zero-order valence-electron chi connectivity index (χ0n) is 12.3. The van der Waals surface area contributed by atoms with Crippen LogP contribution in [0.3, 0.4) is 0 Å². The number of carboxylic acid groups (broad SMARTS) is 1. The number of hydrogen-bond acceptors (Lipinski definition) is 4. The van der Waals surface area contributed by atoms with Crippen LogP contribution in [0.15, 0.2) is 18.2 Å². The number of rotatable bonds is 4. The van der Waals surface area contributed by atoms with E-state index in [1.807, 2.05) is 11.9 Å². The van der Waals surface area contributed by atoms with E-state index in [0.29, 0.717) is 17.6 Å². The number of aromatic carboxylic acids is 1. The van der Waals surface area contributed by atoms with E-state index >= 15 is 0 Å². The Kier molecular flexibility index (Phi) is 4.45. The zero-order chi connectivity index (χ0) is 15.6. The smallest absolute Gasteiger partial charge is 0.338 e. The van der Waals surface area contributed by atoms with Crippen LogP contribution in [0.1, 0.15) is 43.0 Å². The fourth-order valence-electron chi connectivity index (χ4n) is 2.94. The van der Waals surface area contributed by atoms with Gasteiger partial charge in [-0.3, -0.25) is 10.1 Å². The van der Waals surface area contributed by atoms with Crippen LogP contribution in [0.4, 0.5) is 11.4 Å². The van der Waals surface area contributed by atoms with Gasteiger partial charge in [-0.25, -0.2) is 4.79 Å². The fraction of sp³-hybridized carbons (Fsp3) is 0.533. The average molecular weight is 292 g/mol. The lowest BCUT2D eigenvalue weighted by Crippen LogP contribution is -2.35. The highest BCUT2D eigenvalue weighted by Gasteiger charge is 2.25. The van der Waals surface area contributed by atoms with E-state index in [1.54, 1.807) is 6.07 Å². The molecule has 1 aromatic carbocycles. The van der Waals surface area contributed by atoms with Crippen molar-refractivity contribution < 1.29 is 14.8 Å². The molecule has 1 aliphatic rings. The highest BCUT2D eigenvalue weighted by Crippen LogP contribution is 2.32. The van der Waals surface area contributed by atoms with Crippen molar-refractivity contribution >= 4 is 17.3 Å². The minimum Gasteiger partial charge on any atom is -0.478 e. The Bertz CT molecular complexity index is 551. The molecule has 0 unspecified atom stereocenters. The summed E-state index contributed by atoms with van der Waals surface area (Å²) in [5, 5.41) is 20.1. The van der Waals surface area contributed by atoms with E-state index in [1.165, 1.54) is 6.07 Å². The maximum absolute atomic E-state index is 11.4. The maximum Gasteiger partial charge on any atom is 0.338 e. The molecule has 6 heteroatoms. The van der Waals surface area contributed by atoms with E-state index in [-0.39, 0.29) is 11.3 Å². The van der Waals surface area contributed by atoms with Crippen molar-refractivity contribution in [1.82, 2.24) is 0 Å². The monoisotopic (exact) mass is 292 g/mol. The first-order valence-electron chi connectivity index (χ1n) is 7.14. The summed E-state index contributed by atoms with van der Waals surface area (Å²) in [5.41, 5.74) is 0.347. The third-order valence-corrected chi connectivity index (χ3v) is 4.33. The standard InChI is InChI=1S/C15H20N2O4/c1-10-3-5-11(6-4-10)16(2)14-8-7-12(17(20)21)9-13(14)15(18)19/h7-11H,3-6H2,1-2H3,(H,18,19). The molecule has 1 aromatic rings. The number of hydrogen-bond donors (Lipinski definition) is 1. The number of benzene rings is 1. The van der Waals surface area contributed by atoms with Gasteiger partial charge in [0.05, 0.1) is 16.2 Å². The minimum absolute atomic E-state index is 0.00896. The lowest BCUT2D eigenvalue weighted by atomic mass is 9.86. The number of nitro benzene ring substituents is 1. The number of nitro groups is 1. The van der Waals surface area contributed by atoms with E-state index in [2.05, 4.69) is 6.92 Å². The Balaban J connectivity index is 2.29. The summed E-state index contributed by atoms with van der Waals surface area (Å²) in [6.45, 7) is 2.23. The maximum atomic E-state index is 11.4. The Morgan fingerprint density at radius 1 is 1.33 bits per heavy atom. The van der Waals surface area contributed by atoms with E-state index in [4.69, 9.17) is 0 Å². The van der Waals surface area contributed by atoms with Crippen molar-refractivity contribution in [3.63, 3.8) is 0 Å². The van der Waals surface area contributed by atoms with Gasteiger partial charge in [0, 0.05) is 25.2 Å². The van der Waals surface area contributed by atoms with Crippen molar-refractivity contribution in [2.24, 2.45) is 5.92 Å². The lowest BCUT2D eigenvalue weighted by Gasteiger charge is -2.35. The number of non-ortho nitro benzene ring substituents is 1. The summed E-state index contributed by atoms with van der Waals surface area (Å²) in [5.74, 6) is -0.421. The summed E-state index contributed by atoms with van der Waals surface area (Å²) in [7, 11) is 1.87. The van der Waals surface area contributed by atoms with E-state index < -0.39 is 10.9 Å². The second-order valence-corrected chi connectivity index (χ2v) is 5.79. The van der Waals surface area contributed by atoms with Crippen molar-refractivity contribution in [3.8, 4) is 0 Å². The molecule has 0 amide bonds. The van der Waals surface area contributed by atoms with Crippen LogP contribution in [-0.4, -0.2) is 29.1 Å². The third kappa shape index (κ3) is 3.32. The van der Waals surface area contributed by atoms with Gasteiger partial charge < -0.3 is 10.0 Å². The molecule has 0 saturated heterocycles. The van der Waals surface area contributed by atoms with Crippen LogP contribution >= 0.6 is 0 Å². The number of nitrogens with zero attached hydrogens (tertiary/aromatic N) is 2. The molecule has 0 atom stereocenters.